The Kier molecular flexibility index (Phi) is 5.21. The summed E-state index contributed by atoms with van der Waals surface area (Å²) in [5.74, 6) is 0.110. The highest BCUT2D eigenvalue weighted by molar-refractivity contribution is 9.11. The van der Waals surface area contributed by atoms with Gasteiger partial charge in [-0.3, -0.25) is 9.59 Å². The third kappa shape index (κ3) is 3.41. The second-order valence-electron chi connectivity index (χ2n) is 4.80. The predicted molar refractivity (Wildman–Crippen MR) is 84.5 cm³/mol. The molecule has 1 fully saturated rings. The Morgan fingerprint density at radius 1 is 1.25 bits per heavy atom. The van der Waals surface area contributed by atoms with E-state index in [9.17, 15) is 9.59 Å². The third-order valence-corrected chi connectivity index (χ3v) is 4.71. The number of benzene rings is 1. The molecule has 1 aliphatic rings. The summed E-state index contributed by atoms with van der Waals surface area (Å²) in [6, 6.07) is 5.53. The second kappa shape index (κ2) is 6.72. The van der Waals surface area contributed by atoms with Crippen LogP contribution in [0.1, 0.15) is 23.2 Å². The molecule has 1 aromatic carbocycles. The molecule has 1 saturated heterocycles. The van der Waals surface area contributed by atoms with E-state index in [0.29, 0.717) is 18.7 Å². The number of likely N-dealkylation sites (tertiary alicyclic amines) is 1. The predicted octanol–water partition coefficient (Wildman–Crippen LogP) is 2.81. The first-order chi connectivity index (χ1) is 9.52. The number of hydrogen-bond donors (Lipinski definition) is 1. The molecule has 0 aromatic heterocycles. The molecule has 1 aromatic rings. The van der Waals surface area contributed by atoms with E-state index in [1.54, 1.807) is 13.1 Å². The van der Waals surface area contributed by atoms with Crippen LogP contribution >= 0.6 is 31.9 Å². The summed E-state index contributed by atoms with van der Waals surface area (Å²) in [4.78, 5) is 25.8. The van der Waals surface area contributed by atoms with Crippen LogP contribution in [0, 0.1) is 5.92 Å². The minimum atomic E-state index is 0.0136. The van der Waals surface area contributed by atoms with Crippen LogP contribution in [-0.2, 0) is 4.79 Å². The highest BCUT2D eigenvalue weighted by atomic mass is 79.9. The van der Waals surface area contributed by atoms with Crippen molar-refractivity contribution in [1.82, 2.24) is 10.2 Å². The topological polar surface area (TPSA) is 49.4 Å². The minimum absolute atomic E-state index is 0.0136. The Labute approximate surface area is 135 Å². The van der Waals surface area contributed by atoms with Crippen LogP contribution in [0.5, 0.6) is 0 Å². The molecule has 20 heavy (non-hydrogen) atoms. The molecule has 4 nitrogen and oxygen atoms in total. The lowest BCUT2D eigenvalue weighted by Crippen LogP contribution is -2.42. The summed E-state index contributed by atoms with van der Waals surface area (Å²) < 4.78 is 1.71. The number of nitrogens with zero attached hydrogens (tertiary/aromatic N) is 1. The maximum atomic E-state index is 12.5. The molecule has 0 saturated carbocycles. The minimum Gasteiger partial charge on any atom is -0.359 e. The van der Waals surface area contributed by atoms with Crippen LogP contribution in [0.25, 0.3) is 0 Å². The van der Waals surface area contributed by atoms with E-state index in [4.69, 9.17) is 0 Å². The Hall–Kier alpha value is -0.880. The maximum absolute atomic E-state index is 12.5. The molecule has 108 valence electrons. The van der Waals surface area contributed by atoms with Crippen molar-refractivity contribution in [2.75, 3.05) is 20.1 Å². The monoisotopic (exact) mass is 402 g/mol. The third-order valence-electron chi connectivity index (χ3n) is 3.56. The average Bonchev–Trinajstić information content (AvgIpc) is 2.46. The Bertz CT molecular complexity index is 526. The summed E-state index contributed by atoms with van der Waals surface area (Å²) in [6.45, 7) is 1.25. The first kappa shape index (κ1) is 15.5. The smallest absolute Gasteiger partial charge is 0.254 e. The largest absolute Gasteiger partial charge is 0.359 e. The van der Waals surface area contributed by atoms with Crippen molar-refractivity contribution in [3.63, 3.8) is 0 Å². The van der Waals surface area contributed by atoms with Gasteiger partial charge in [0, 0.05) is 35.0 Å². The lowest BCUT2D eigenvalue weighted by atomic mass is 9.95. The molecule has 2 rings (SSSR count). The van der Waals surface area contributed by atoms with E-state index >= 15 is 0 Å². The fourth-order valence-corrected chi connectivity index (χ4v) is 3.60. The first-order valence-corrected chi connectivity index (χ1v) is 8.07. The van der Waals surface area contributed by atoms with Gasteiger partial charge in [-0.15, -0.1) is 0 Å². The highest BCUT2D eigenvalue weighted by Gasteiger charge is 2.27. The number of carbonyl (C=O) groups is 2. The fraction of sp³-hybridized carbons (Fsp3) is 0.429. The molecule has 0 aliphatic carbocycles. The van der Waals surface area contributed by atoms with Crippen LogP contribution < -0.4 is 5.32 Å². The van der Waals surface area contributed by atoms with Gasteiger partial charge in [0.05, 0.1) is 5.56 Å². The van der Waals surface area contributed by atoms with Crippen molar-refractivity contribution >= 4 is 43.7 Å². The molecule has 0 radical (unpaired) electrons. The van der Waals surface area contributed by atoms with Gasteiger partial charge in [-0.2, -0.15) is 0 Å². The van der Waals surface area contributed by atoms with E-state index in [2.05, 4.69) is 37.2 Å². The molecule has 0 unspecified atom stereocenters. The van der Waals surface area contributed by atoms with Gasteiger partial charge in [0.2, 0.25) is 5.91 Å². The number of amides is 2. The van der Waals surface area contributed by atoms with E-state index in [1.165, 1.54) is 0 Å². The molecule has 0 spiro atoms. The van der Waals surface area contributed by atoms with E-state index < -0.39 is 0 Å². The zero-order valence-electron chi connectivity index (χ0n) is 11.2. The van der Waals surface area contributed by atoms with Crippen LogP contribution in [0.2, 0.25) is 0 Å². The molecular weight excluding hydrogens is 388 g/mol. The molecular formula is C14H16Br2N2O2. The number of halogens is 2. The molecule has 2 amide bonds. The van der Waals surface area contributed by atoms with E-state index in [-0.39, 0.29) is 17.7 Å². The zero-order chi connectivity index (χ0) is 14.7. The van der Waals surface area contributed by atoms with E-state index in [1.807, 2.05) is 17.0 Å². The van der Waals surface area contributed by atoms with Crippen LogP contribution in [0.3, 0.4) is 0 Å². The summed E-state index contributed by atoms with van der Waals surface area (Å²) in [5, 5.41) is 2.67. The summed E-state index contributed by atoms with van der Waals surface area (Å²) >= 11 is 6.79. The number of carbonyl (C=O) groups excluding carboxylic acids is 2. The van der Waals surface area contributed by atoms with Gasteiger partial charge in [-0.1, -0.05) is 15.9 Å². The number of nitrogens with one attached hydrogen (secondary N) is 1. The van der Waals surface area contributed by atoms with Crippen LogP contribution in [0.15, 0.2) is 27.1 Å². The molecule has 1 aliphatic heterocycles. The Morgan fingerprint density at radius 3 is 2.45 bits per heavy atom. The normalized spacial score (nSPS) is 16.1. The van der Waals surface area contributed by atoms with Crippen LogP contribution in [0.4, 0.5) is 0 Å². The van der Waals surface area contributed by atoms with E-state index in [0.717, 1.165) is 21.8 Å². The summed E-state index contributed by atoms with van der Waals surface area (Å²) in [5.41, 5.74) is 0.659. The molecule has 1 N–H and O–H groups in total. The maximum Gasteiger partial charge on any atom is 0.254 e. The zero-order valence-corrected chi connectivity index (χ0v) is 14.3. The molecule has 1 heterocycles. The quantitative estimate of drug-likeness (QED) is 0.825. The van der Waals surface area contributed by atoms with Gasteiger partial charge < -0.3 is 10.2 Å². The van der Waals surface area contributed by atoms with Crippen molar-refractivity contribution in [3.8, 4) is 0 Å². The summed E-state index contributed by atoms with van der Waals surface area (Å²) in [6.07, 6.45) is 1.44. The van der Waals surface area contributed by atoms with Crippen molar-refractivity contribution in [3.05, 3.63) is 32.7 Å². The average molecular weight is 404 g/mol. The highest BCUT2D eigenvalue weighted by Crippen LogP contribution is 2.25. The fourth-order valence-electron chi connectivity index (χ4n) is 2.38. The van der Waals surface area contributed by atoms with Crippen molar-refractivity contribution in [2.24, 2.45) is 5.92 Å². The number of hydrogen-bond acceptors (Lipinski definition) is 2. The SMILES string of the molecule is CNC(=O)C1CCN(C(=O)c2ccc(Br)cc2Br)CC1. The lowest BCUT2D eigenvalue weighted by Gasteiger charge is -2.31. The van der Waals surface area contributed by atoms with Gasteiger partial charge in [-0.05, 0) is 47.0 Å². The first-order valence-electron chi connectivity index (χ1n) is 6.49. The van der Waals surface area contributed by atoms with Gasteiger partial charge in [0.15, 0.2) is 0 Å². The summed E-state index contributed by atoms with van der Waals surface area (Å²) in [7, 11) is 1.65. The van der Waals surface area contributed by atoms with Crippen molar-refractivity contribution < 1.29 is 9.59 Å². The van der Waals surface area contributed by atoms with Gasteiger partial charge in [0.25, 0.3) is 5.91 Å². The van der Waals surface area contributed by atoms with Gasteiger partial charge >= 0.3 is 0 Å². The Morgan fingerprint density at radius 2 is 1.90 bits per heavy atom. The number of rotatable bonds is 2. The van der Waals surface area contributed by atoms with Crippen molar-refractivity contribution in [1.29, 1.82) is 0 Å². The lowest BCUT2D eigenvalue weighted by molar-refractivity contribution is -0.125. The molecule has 6 heteroatoms. The standard InChI is InChI=1S/C14H16Br2N2O2/c1-17-13(19)9-4-6-18(7-5-9)14(20)11-3-2-10(15)8-12(11)16/h2-3,8-9H,4-7H2,1H3,(H,17,19). The van der Waals surface area contributed by atoms with Gasteiger partial charge in [-0.25, -0.2) is 0 Å². The molecule has 0 atom stereocenters. The number of piperidine rings is 1. The Balaban J connectivity index is 2.03. The van der Waals surface area contributed by atoms with Crippen LogP contribution in [-0.4, -0.2) is 36.9 Å². The van der Waals surface area contributed by atoms with Crippen molar-refractivity contribution in [2.45, 2.75) is 12.8 Å². The van der Waals surface area contributed by atoms with Gasteiger partial charge in [0.1, 0.15) is 0 Å². The second-order valence-corrected chi connectivity index (χ2v) is 6.57. The molecule has 0 bridgehead atoms.